The number of halogens is 2. The van der Waals surface area contributed by atoms with E-state index in [4.69, 9.17) is 5.73 Å². The summed E-state index contributed by atoms with van der Waals surface area (Å²) in [5, 5.41) is 0. The summed E-state index contributed by atoms with van der Waals surface area (Å²) in [7, 11) is 0. The van der Waals surface area contributed by atoms with Crippen molar-refractivity contribution in [2.24, 2.45) is 5.73 Å². The first-order valence-corrected chi connectivity index (χ1v) is 6.33. The van der Waals surface area contributed by atoms with E-state index in [1.807, 2.05) is 6.92 Å². The Labute approximate surface area is 113 Å². The van der Waals surface area contributed by atoms with Gasteiger partial charge in [-0.1, -0.05) is 22.0 Å². The molecule has 0 saturated heterocycles. The van der Waals surface area contributed by atoms with Crippen LogP contribution in [-0.2, 0) is 6.42 Å². The van der Waals surface area contributed by atoms with E-state index in [-0.39, 0.29) is 5.82 Å². The summed E-state index contributed by atoms with van der Waals surface area (Å²) in [4.78, 5) is 8.31. The van der Waals surface area contributed by atoms with E-state index in [2.05, 4.69) is 25.9 Å². The summed E-state index contributed by atoms with van der Waals surface area (Å²) in [6.45, 7) is 1.91. The maximum atomic E-state index is 13.7. The first kappa shape index (κ1) is 13.1. The second-order valence-electron chi connectivity index (χ2n) is 4.16. The van der Waals surface area contributed by atoms with Crippen molar-refractivity contribution < 1.29 is 4.39 Å². The van der Waals surface area contributed by atoms with E-state index in [1.54, 1.807) is 24.5 Å². The zero-order chi connectivity index (χ0) is 13.1. The van der Waals surface area contributed by atoms with Crippen LogP contribution in [0.5, 0.6) is 0 Å². The first-order chi connectivity index (χ1) is 8.56. The summed E-state index contributed by atoms with van der Waals surface area (Å²) in [6, 6.07) is 4.54. The van der Waals surface area contributed by atoms with Crippen LogP contribution in [0.1, 0.15) is 23.0 Å². The van der Waals surface area contributed by atoms with E-state index in [1.165, 1.54) is 6.07 Å². The Hall–Kier alpha value is -1.33. The number of aromatic nitrogens is 2. The lowest BCUT2D eigenvalue weighted by Crippen LogP contribution is -2.17. The van der Waals surface area contributed by atoms with E-state index < -0.39 is 6.04 Å². The molecule has 0 aliphatic heterocycles. The third-order valence-electron chi connectivity index (χ3n) is 2.59. The number of hydrogen-bond donors (Lipinski definition) is 1. The van der Waals surface area contributed by atoms with Gasteiger partial charge in [0.1, 0.15) is 11.6 Å². The van der Waals surface area contributed by atoms with Gasteiger partial charge in [-0.3, -0.25) is 0 Å². The Balaban J connectivity index is 2.15. The molecule has 1 atom stereocenters. The average Bonchev–Trinajstić information content (AvgIpc) is 2.33. The summed E-state index contributed by atoms with van der Waals surface area (Å²) in [5.41, 5.74) is 7.52. The number of nitrogens with zero attached hydrogens (tertiary/aromatic N) is 2. The molecule has 0 bridgehead atoms. The van der Waals surface area contributed by atoms with Gasteiger partial charge in [-0.2, -0.15) is 0 Å². The topological polar surface area (TPSA) is 51.8 Å². The lowest BCUT2D eigenvalue weighted by Gasteiger charge is -2.11. The van der Waals surface area contributed by atoms with Gasteiger partial charge in [0.25, 0.3) is 0 Å². The lowest BCUT2D eigenvalue weighted by atomic mass is 10.1. The molecule has 0 aliphatic carbocycles. The second-order valence-corrected chi connectivity index (χ2v) is 5.08. The molecule has 3 nitrogen and oxygen atoms in total. The van der Waals surface area contributed by atoms with Crippen molar-refractivity contribution in [1.29, 1.82) is 0 Å². The molecule has 1 aromatic carbocycles. The van der Waals surface area contributed by atoms with Crippen molar-refractivity contribution in [3.63, 3.8) is 0 Å². The normalized spacial score (nSPS) is 12.4. The highest BCUT2D eigenvalue weighted by Gasteiger charge is 2.12. The molecule has 18 heavy (non-hydrogen) atoms. The van der Waals surface area contributed by atoms with Gasteiger partial charge in [0.05, 0.1) is 6.04 Å². The number of benzene rings is 1. The predicted molar refractivity (Wildman–Crippen MR) is 71.5 cm³/mol. The molecule has 1 unspecified atom stereocenters. The third-order valence-corrected chi connectivity index (χ3v) is 3.08. The molecular formula is C13H13BrFN3. The van der Waals surface area contributed by atoms with Gasteiger partial charge in [-0.05, 0) is 36.6 Å². The maximum Gasteiger partial charge on any atom is 0.145 e. The van der Waals surface area contributed by atoms with E-state index in [0.717, 1.165) is 5.56 Å². The van der Waals surface area contributed by atoms with Gasteiger partial charge in [0.15, 0.2) is 0 Å². The second kappa shape index (κ2) is 5.54. The molecule has 0 radical (unpaired) electrons. The Morgan fingerprint density at radius 2 is 2.00 bits per heavy atom. The van der Waals surface area contributed by atoms with Crippen molar-refractivity contribution >= 4 is 15.9 Å². The largest absolute Gasteiger partial charge is 0.321 e. The molecule has 94 valence electrons. The SMILES string of the molecule is Cc1cnc(C(N)Cc2ccc(Br)cc2F)nc1. The molecule has 2 aromatic rings. The molecule has 2 N–H and O–H groups in total. The summed E-state index contributed by atoms with van der Waals surface area (Å²) in [6.07, 6.45) is 3.79. The molecule has 0 fully saturated rings. The summed E-state index contributed by atoms with van der Waals surface area (Å²) < 4.78 is 14.4. The van der Waals surface area contributed by atoms with Gasteiger partial charge in [0, 0.05) is 16.9 Å². The number of aryl methyl sites for hydroxylation is 1. The molecule has 1 aromatic heterocycles. The van der Waals surface area contributed by atoms with Gasteiger partial charge < -0.3 is 5.73 Å². The van der Waals surface area contributed by atoms with Crippen molar-refractivity contribution in [2.75, 3.05) is 0 Å². The lowest BCUT2D eigenvalue weighted by molar-refractivity contribution is 0.583. The third kappa shape index (κ3) is 3.11. The Morgan fingerprint density at radius 1 is 1.33 bits per heavy atom. The fourth-order valence-corrected chi connectivity index (χ4v) is 1.94. The van der Waals surface area contributed by atoms with Crippen molar-refractivity contribution in [3.05, 3.63) is 57.8 Å². The smallest absolute Gasteiger partial charge is 0.145 e. The van der Waals surface area contributed by atoms with Crippen LogP contribution in [0.15, 0.2) is 35.1 Å². The van der Waals surface area contributed by atoms with Crippen molar-refractivity contribution in [2.45, 2.75) is 19.4 Å². The Kier molecular flexibility index (Phi) is 4.04. The predicted octanol–water partition coefficient (Wildman–Crippen LogP) is 2.93. The standard InChI is InChI=1S/C13H13BrFN3/c1-8-6-17-13(18-7-8)12(16)4-9-2-3-10(14)5-11(9)15/h2-3,5-7,12H,4,16H2,1H3. The van der Waals surface area contributed by atoms with Gasteiger partial charge >= 0.3 is 0 Å². The summed E-state index contributed by atoms with van der Waals surface area (Å²) >= 11 is 3.22. The zero-order valence-corrected chi connectivity index (χ0v) is 11.5. The zero-order valence-electron chi connectivity index (χ0n) is 9.90. The Bertz CT molecular complexity index is 542. The number of hydrogen-bond acceptors (Lipinski definition) is 3. The molecule has 2 rings (SSSR count). The number of rotatable bonds is 3. The average molecular weight is 310 g/mol. The molecule has 0 aliphatic rings. The van der Waals surface area contributed by atoms with E-state index in [9.17, 15) is 4.39 Å². The van der Waals surface area contributed by atoms with E-state index >= 15 is 0 Å². The monoisotopic (exact) mass is 309 g/mol. The Morgan fingerprint density at radius 3 is 2.61 bits per heavy atom. The van der Waals surface area contributed by atoms with Crippen LogP contribution in [0, 0.1) is 12.7 Å². The van der Waals surface area contributed by atoms with Crippen LogP contribution < -0.4 is 5.73 Å². The highest BCUT2D eigenvalue weighted by molar-refractivity contribution is 9.10. The quantitative estimate of drug-likeness (QED) is 0.948. The highest BCUT2D eigenvalue weighted by Crippen LogP contribution is 2.19. The van der Waals surface area contributed by atoms with Gasteiger partial charge in [-0.15, -0.1) is 0 Å². The van der Waals surface area contributed by atoms with Crippen molar-refractivity contribution in [1.82, 2.24) is 9.97 Å². The van der Waals surface area contributed by atoms with Crippen LogP contribution >= 0.6 is 15.9 Å². The first-order valence-electron chi connectivity index (χ1n) is 5.54. The number of nitrogens with two attached hydrogens (primary N) is 1. The van der Waals surface area contributed by atoms with Crippen LogP contribution in [-0.4, -0.2) is 9.97 Å². The maximum absolute atomic E-state index is 13.7. The highest BCUT2D eigenvalue weighted by atomic mass is 79.9. The van der Waals surface area contributed by atoms with Crippen molar-refractivity contribution in [3.8, 4) is 0 Å². The molecule has 0 spiro atoms. The van der Waals surface area contributed by atoms with Crippen LogP contribution in [0.3, 0.4) is 0 Å². The molecule has 0 amide bonds. The minimum absolute atomic E-state index is 0.271. The minimum Gasteiger partial charge on any atom is -0.321 e. The van der Waals surface area contributed by atoms with Gasteiger partial charge in [0.2, 0.25) is 0 Å². The van der Waals surface area contributed by atoms with E-state index in [0.29, 0.717) is 22.3 Å². The van der Waals surface area contributed by atoms with Crippen LogP contribution in [0.4, 0.5) is 4.39 Å². The minimum atomic E-state index is -0.402. The molecule has 5 heteroatoms. The van der Waals surface area contributed by atoms with Crippen LogP contribution in [0.25, 0.3) is 0 Å². The molecular weight excluding hydrogens is 297 g/mol. The fourth-order valence-electron chi connectivity index (χ4n) is 1.61. The molecule has 1 heterocycles. The molecule has 0 saturated carbocycles. The fraction of sp³-hybridized carbons (Fsp3) is 0.231. The summed E-state index contributed by atoms with van der Waals surface area (Å²) in [5.74, 6) is 0.259. The van der Waals surface area contributed by atoms with Crippen LogP contribution in [0.2, 0.25) is 0 Å². The van der Waals surface area contributed by atoms with Gasteiger partial charge in [-0.25, -0.2) is 14.4 Å².